The Kier molecular flexibility index (Phi) is 5.18. The number of halogens is 1. The average molecular weight is 408 g/mol. The summed E-state index contributed by atoms with van der Waals surface area (Å²) in [5, 5.41) is 5.17. The van der Waals surface area contributed by atoms with Gasteiger partial charge in [0, 0.05) is 29.2 Å². The van der Waals surface area contributed by atoms with Crippen LogP contribution in [-0.4, -0.2) is 42.3 Å². The first-order valence-electron chi connectivity index (χ1n) is 9.17. The maximum atomic E-state index is 12.7. The predicted molar refractivity (Wildman–Crippen MR) is 113 cm³/mol. The molecule has 1 saturated heterocycles. The van der Waals surface area contributed by atoms with Crippen molar-refractivity contribution in [3.05, 3.63) is 71.8 Å². The van der Waals surface area contributed by atoms with Gasteiger partial charge in [-0.1, -0.05) is 48.0 Å². The lowest BCUT2D eigenvalue weighted by atomic mass is 10.1. The molecule has 6 nitrogen and oxygen atoms in total. The van der Waals surface area contributed by atoms with Crippen LogP contribution in [0.4, 0.5) is 11.4 Å². The highest BCUT2D eigenvalue weighted by Gasteiger charge is 2.34. The van der Waals surface area contributed by atoms with Gasteiger partial charge in [-0.2, -0.15) is 0 Å². The monoisotopic (exact) mass is 407 g/mol. The highest BCUT2D eigenvalue weighted by atomic mass is 35.5. The second-order valence-corrected chi connectivity index (χ2v) is 7.17. The molecule has 0 aliphatic carbocycles. The molecule has 0 bridgehead atoms. The highest BCUT2D eigenvalue weighted by molar-refractivity contribution is 6.41. The fourth-order valence-corrected chi connectivity index (χ4v) is 3.53. The van der Waals surface area contributed by atoms with E-state index in [9.17, 15) is 14.4 Å². The third-order valence-corrected chi connectivity index (χ3v) is 5.08. The van der Waals surface area contributed by atoms with Crippen LogP contribution in [0.3, 0.4) is 0 Å². The van der Waals surface area contributed by atoms with Crippen molar-refractivity contribution in [1.29, 1.82) is 0 Å². The molecule has 1 heterocycles. The number of anilines is 2. The van der Waals surface area contributed by atoms with Gasteiger partial charge in [0.05, 0.1) is 5.69 Å². The van der Waals surface area contributed by atoms with Gasteiger partial charge >= 0.3 is 11.8 Å². The molecule has 146 valence electrons. The highest BCUT2D eigenvalue weighted by Crippen LogP contribution is 2.28. The van der Waals surface area contributed by atoms with Crippen molar-refractivity contribution in [2.24, 2.45) is 0 Å². The molecule has 3 amide bonds. The molecule has 1 aliphatic heterocycles. The van der Waals surface area contributed by atoms with E-state index in [2.05, 4.69) is 5.32 Å². The number of nitrogens with one attached hydrogen (secondary N) is 1. The van der Waals surface area contributed by atoms with Gasteiger partial charge < -0.3 is 15.1 Å². The lowest BCUT2D eigenvalue weighted by Crippen LogP contribution is -2.56. The van der Waals surface area contributed by atoms with Crippen LogP contribution in [0.2, 0.25) is 5.02 Å². The average Bonchev–Trinajstić information content (AvgIpc) is 2.73. The standard InChI is InChI=1S/C22H18ClN3O3/c23-16-8-10-17(11-9-16)24-20(27)14-25-12-13-26(22(29)21(25)28)19-7-3-5-15-4-1-2-6-18(15)19/h1-11H,12-14H2,(H,24,27). The van der Waals surface area contributed by atoms with Gasteiger partial charge in [0.15, 0.2) is 0 Å². The van der Waals surface area contributed by atoms with E-state index in [0.717, 1.165) is 10.8 Å². The van der Waals surface area contributed by atoms with Gasteiger partial charge in [-0.25, -0.2) is 0 Å². The number of carbonyl (C=O) groups excluding carboxylic acids is 3. The van der Waals surface area contributed by atoms with Crippen molar-refractivity contribution < 1.29 is 14.4 Å². The number of benzene rings is 3. The second-order valence-electron chi connectivity index (χ2n) is 6.74. The Morgan fingerprint density at radius 1 is 0.897 bits per heavy atom. The first-order chi connectivity index (χ1) is 14.0. The molecule has 1 N–H and O–H groups in total. The first kappa shape index (κ1) is 19.0. The summed E-state index contributed by atoms with van der Waals surface area (Å²) < 4.78 is 0. The summed E-state index contributed by atoms with van der Waals surface area (Å²) >= 11 is 5.83. The molecule has 0 atom stereocenters. The first-order valence-corrected chi connectivity index (χ1v) is 9.55. The number of rotatable bonds is 4. The molecule has 3 aromatic carbocycles. The van der Waals surface area contributed by atoms with E-state index < -0.39 is 11.8 Å². The Morgan fingerprint density at radius 2 is 1.62 bits per heavy atom. The maximum absolute atomic E-state index is 12.7. The van der Waals surface area contributed by atoms with Gasteiger partial charge in [-0.05, 0) is 35.7 Å². The van der Waals surface area contributed by atoms with Gasteiger partial charge in [0.2, 0.25) is 5.91 Å². The molecular formula is C22H18ClN3O3. The molecule has 7 heteroatoms. The Bertz CT molecular complexity index is 1090. The van der Waals surface area contributed by atoms with Crippen LogP contribution in [0.5, 0.6) is 0 Å². The predicted octanol–water partition coefficient (Wildman–Crippen LogP) is 3.31. The van der Waals surface area contributed by atoms with Crippen molar-refractivity contribution in [2.45, 2.75) is 0 Å². The Morgan fingerprint density at radius 3 is 2.41 bits per heavy atom. The summed E-state index contributed by atoms with van der Waals surface area (Å²) in [5.41, 5.74) is 1.28. The van der Waals surface area contributed by atoms with Crippen molar-refractivity contribution in [3.8, 4) is 0 Å². The molecular weight excluding hydrogens is 390 g/mol. The number of hydrogen-bond acceptors (Lipinski definition) is 3. The molecule has 0 aromatic heterocycles. The van der Waals surface area contributed by atoms with E-state index in [1.165, 1.54) is 9.80 Å². The molecule has 0 spiro atoms. The molecule has 1 aliphatic rings. The van der Waals surface area contributed by atoms with Crippen LogP contribution in [0.15, 0.2) is 66.7 Å². The zero-order chi connectivity index (χ0) is 20.4. The van der Waals surface area contributed by atoms with Gasteiger partial charge in [-0.15, -0.1) is 0 Å². The van der Waals surface area contributed by atoms with Gasteiger partial charge in [-0.3, -0.25) is 14.4 Å². The van der Waals surface area contributed by atoms with Crippen LogP contribution < -0.4 is 10.2 Å². The number of fused-ring (bicyclic) bond motifs is 1. The summed E-state index contributed by atoms with van der Waals surface area (Å²) in [6.07, 6.45) is 0. The summed E-state index contributed by atoms with van der Waals surface area (Å²) in [6, 6.07) is 20.0. The number of piperazine rings is 1. The summed E-state index contributed by atoms with van der Waals surface area (Å²) in [6.45, 7) is 0.422. The maximum Gasteiger partial charge on any atom is 0.316 e. The molecule has 0 unspecified atom stereocenters. The van der Waals surface area contributed by atoms with E-state index in [0.29, 0.717) is 22.9 Å². The molecule has 0 saturated carbocycles. The third-order valence-electron chi connectivity index (χ3n) is 4.83. The fourth-order valence-electron chi connectivity index (χ4n) is 3.41. The topological polar surface area (TPSA) is 69.7 Å². The molecule has 0 radical (unpaired) electrons. The number of hydrogen-bond donors (Lipinski definition) is 1. The number of carbonyl (C=O) groups is 3. The summed E-state index contributed by atoms with van der Waals surface area (Å²) in [5.74, 6) is -1.69. The Balaban J connectivity index is 1.46. The van der Waals surface area contributed by atoms with Crippen LogP contribution >= 0.6 is 11.6 Å². The quantitative estimate of drug-likeness (QED) is 0.674. The second kappa shape index (κ2) is 7.93. The smallest absolute Gasteiger partial charge is 0.316 e. The van der Waals surface area contributed by atoms with Crippen LogP contribution in [0.25, 0.3) is 10.8 Å². The van der Waals surface area contributed by atoms with E-state index in [-0.39, 0.29) is 19.0 Å². The largest absolute Gasteiger partial charge is 0.325 e. The van der Waals surface area contributed by atoms with E-state index in [4.69, 9.17) is 11.6 Å². The van der Waals surface area contributed by atoms with Crippen LogP contribution in [0, 0.1) is 0 Å². The van der Waals surface area contributed by atoms with Crippen molar-refractivity contribution >= 4 is 51.5 Å². The van der Waals surface area contributed by atoms with Crippen molar-refractivity contribution in [3.63, 3.8) is 0 Å². The van der Waals surface area contributed by atoms with Gasteiger partial charge in [0.1, 0.15) is 6.54 Å². The van der Waals surface area contributed by atoms with Crippen molar-refractivity contribution in [1.82, 2.24) is 4.90 Å². The Hall–Kier alpha value is -3.38. The third kappa shape index (κ3) is 3.93. The summed E-state index contributed by atoms with van der Waals surface area (Å²) in [7, 11) is 0. The molecule has 29 heavy (non-hydrogen) atoms. The van der Waals surface area contributed by atoms with E-state index >= 15 is 0 Å². The van der Waals surface area contributed by atoms with Crippen LogP contribution in [-0.2, 0) is 14.4 Å². The minimum atomic E-state index is -0.685. The van der Waals surface area contributed by atoms with E-state index in [1.54, 1.807) is 24.3 Å². The Labute approximate surface area is 172 Å². The molecule has 4 rings (SSSR count). The van der Waals surface area contributed by atoms with Gasteiger partial charge in [0.25, 0.3) is 0 Å². The SMILES string of the molecule is O=C(CN1CCN(c2cccc3ccccc23)C(=O)C1=O)Nc1ccc(Cl)cc1. The van der Waals surface area contributed by atoms with Crippen molar-refractivity contribution in [2.75, 3.05) is 29.9 Å². The minimum absolute atomic E-state index is 0.184. The zero-order valence-electron chi connectivity index (χ0n) is 15.5. The summed E-state index contributed by atoms with van der Waals surface area (Å²) in [4.78, 5) is 40.4. The van der Waals surface area contributed by atoms with Crippen LogP contribution in [0.1, 0.15) is 0 Å². The molecule has 3 aromatic rings. The molecule has 1 fully saturated rings. The normalized spacial score (nSPS) is 14.4. The number of nitrogens with zero attached hydrogens (tertiary/aromatic N) is 2. The lowest BCUT2D eigenvalue weighted by molar-refractivity contribution is -0.147. The lowest BCUT2D eigenvalue weighted by Gasteiger charge is -2.33. The zero-order valence-corrected chi connectivity index (χ0v) is 16.2. The minimum Gasteiger partial charge on any atom is -0.325 e. The number of amides is 3. The van der Waals surface area contributed by atoms with E-state index in [1.807, 2.05) is 42.5 Å². The fraction of sp³-hybridized carbons (Fsp3) is 0.136.